The smallest absolute Gasteiger partial charge is 0.115 e. The van der Waals surface area contributed by atoms with Crippen LogP contribution in [0.25, 0.3) is 0 Å². The van der Waals surface area contributed by atoms with Crippen molar-refractivity contribution in [1.29, 1.82) is 0 Å². The summed E-state index contributed by atoms with van der Waals surface area (Å²) >= 11 is 0. The first-order chi connectivity index (χ1) is 25.5. The summed E-state index contributed by atoms with van der Waals surface area (Å²) in [6.45, 7) is 0. The zero-order valence-electron chi connectivity index (χ0n) is 29.2. The molecule has 6 aromatic rings. The average Bonchev–Trinajstić information content (AvgIpc) is 3.17. The molecule has 8 rings (SSSR count). The maximum absolute atomic E-state index is 8.93. The third kappa shape index (κ3) is 7.65. The Hall–Kier alpha value is -4.88. The predicted octanol–water partition coefficient (Wildman–Crippen LogP) is 5.55. The van der Waals surface area contributed by atoms with E-state index in [0.717, 1.165) is 11.3 Å². The Morgan fingerprint density at radius 1 is 0.346 bits per heavy atom. The molecule has 262 valence electrons. The molecule has 0 unspecified atom stereocenters. The molecule has 0 radical (unpaired) electrons. The van der Waals surface area contributed by atoms with Crippen molar-refractivity contribution < 1.29 is 19.8 Å². The van der Waals surface area contributed by atoms with E-state index in [-0.39, 0.29) is 0 Å². The lowest BCUT2D eigenvalue weighted by Crippen LogP contribution is -2.42. The number of aliphatic carboxylic acids is 2. The summed E-state index contributed by atoms with van der Waals surface area (Å²) in [5.74, 6) is -4.37. The summed E-state index contributed by atoms with van der Waals surface area (Å²) in [6, 6.07) is 67.5. The van der Waals surface area contributed by atoms with Crippen LogP contribution in [0, 0.1) is 0 Å². The maximum Gasteiger partial charge on any atom is 0.115 e. The molecule has 4 nitrogen and oxygen atoms in total. The van der Waals surface area contributed by atoms with Crippen LogP contribution in [0.1, 0.15) is 38.5 Å². The van der Waals surface area contributed by atoms with Crippen molar-refractivity contribution >= 4 is 58.3 Å². The zero-order valence-corrected chi connectivity index (χ0v) is 31.0. The fourth-order valence-corrected chi connectivity index (χ4v) is 18.1. The molecule has 0 atom stereocenters. The summed E-state index contributed by atoms with van der Waals surface area (Å²) in [4.78, 5) is 17.9. The maximum atomic E-state index is 8.93. The number of benzene rings is 6. The number of rotatable bonds is 8. The van der Waals surface area contributed by atoms with Crippen molar-refractivity contribution in [1.82, 2.24) is 0 Å². The van der Waals surface area contributed by atoms with Crippen LogP contribution < -0.4 is 42.0 Å². The molecular weight excluding hydrogens is 678 g/mol. The van der Waals surface area contributed by atoms with Gasteiger partial charge in [0.25, 0.3) is 0 Å². The molecule has 2 fully saturated rings. The standard InChI is InChI=1S/2C22H22P.C2H2O4/c2*1-4-11-19(12-5-1)23(22-17-10-18-22,20-13-6-2-7-14-20)21-15-8-3-9-16-21;3-1(4)2(5)6/h2*1-9,11-16,22H,10,17-18H2;(H,3,4)(H,5,6)/q2*+1;/p-2. The van der Waals surface area contributed by atoms with E-state index in [1.807, 2.05) is 0 Å². The van der Waals surface area contributed by atoms with Crippen molar-refractivity contribution in [2.24, 2.45) is 0 Å². The lowest BCUT2D eigenvalue weighted by molar-refractivity contribution is -0.345. The molecule has 0 bridgehead atoms. The Morgan fingerprint density at radius 2 is 0.519 bits per heavy atom. The Bertz CT molecular complexity index is 1640. The van der Waals surface area contributed by atoms with E-state index < -0.39 is 26.5 Å². The van der Waals surface area contributed by atoms with Gasteiger partial charge in [-0.3, -0.25) is 0 Å². The molecule has 6 heteroatoms. The Kier molecular flexibility index (Phi) is 12.5. The van der Waals surface area contributed by atoms with Crippen LogP contribution in [0.5, 0.6) is 0 Å². The molecule has 6 aromatic carbocycles. The zero-order chi connectivity index (χ0) is 36.2. The average molecular weight is 723 g/mol. The third-order valence-electron chi connectivity index (χ3n) is 10.4. The van der Waals surface area contributed by atoms with Crippen LogP contribution >= 0.6 is 14.5 Å². The fourth-order valence-electron chi connectivity index (χ4n) is 7.69. The number of carboxylic acid groups (broad SMARTS) is 2. The van der Waals surface area contributed by atoms with Gasteiger partial charge in [-0.15, -0.1) is 0 Å². The van der Waals surface area contributed by atoms with Gasteiger partial charge in [-0.05, 0) is 111 Å². The molecule has 52 heavy (non-hydrogen) atoms. The lowest BCUT2D eigenvalue weighted by Gasteiger charge is -2.39. The van der Waals surface area contributed by atoms with Gasteiger partial charge < -0.3 is 19.8 Å². The minimum atomic E-state index is -2.19. The van der Waals surface area contributed by atoms with Gasteiger partial charge in [0.1, 0.15) is 46.4 Å². The number of hydrogen-bond donors (Lipinski definition) is 0. The van der Waals surface area contributed by atoms with Gasteiger partial charge in [-0.1, -0.05) is 109 Å². The Balaban J connectivity index is 0.000000155. The predicted molar refractivity (Wildman–Crippen MR) is 216 cm³/mol. The van der Waals surface area contributed by atoms with Crippen molar-refractivity contribution in [2.45, 2.75) is 49.8 Å². The first-order valence-corrected chi connectivity index (χ1v) is 21.7. The number of carboxylic acids is 2. The quantitative estimate of drug-likeness (QED) is 0.153. The second-order valence-electron chi connectivity index (χ2n) is 13.2. The van der Waals surface area contributed by atoms with E-state index in [0.29, 0.717) is 0 Å². The highest BCUT2D eigenvalue weighted by Crippen LogP contribution is 2.66. The number of carbonyl (C=O) groups is 2. The largest absolute Gasteiger partial charge is 0.543 e. The summed E-state index contributed by atoms with van der Waals surface area (Å²) < 4.78 is 0. The van der Waals surface area contributed by atoms with Crippen LogP contribution in [0.15, 0.2) is 182 Å². The molecule has 0 N–H and O–H groups in total. The molecule has 0 spiro atoms. The van der Waals surface area contributed by atoms with Crippen LogP contribution in [0.2, 0.25) is 0 Å². The highest BCUT2D eigenvalue weighted by molar-refractivity contribution is 7.96. The van der Waals surface area contributed by atoms with E-state index in [4.69, 9.17) is 19.8 Å². The van der Waals surface area contributed by atoms with Crippen LogP contribution in [-0.2, 0) is 9.59 Å². The SMILES string of the molecule is O=C([O-])C(=O)[O-].c1ccc([P+](c2ccccc2)(c2ccccc2)C2CCC2)cc1.c1ccc([P+](c2ccccc2)(c2ccccc2)C2CCC2)cc1. The number of carbonyl (C=O) groups excluding carboxylic acids is 2. The molecule has 0 amide bonds. The normalized spacial score (nSPS) is 14.2. The minimum absolute atomic E-state index is 0.787. The van der Waals surface area contributed by atoms with Crippen molar-refractivity contribution in [3.05, 3.63) is 182 Å². The summed E-state index contributed by atoms with van der Waals surface area (Å²) in [6.07, 6.45) is 8.16. The second kappa shape index (κ2) is 17.6. The van der Waals surface area contributed by atoms with E-state index in [1.54, 1.807) is 0 Å². The molecule has 2 saturated carbocycles. The van der Waals surface area contributed by atoms with Gasteiger partial charge in [-0.25, -0.2) is 0 Å². The van der Waals surface area contributed by atoms with Gasteiger partial charge in [-0.2, -0.15) is 0 Å². The third-order valence-corrected chi connectivity index (χ3v) is 20.3. The minimum Gasteiger partial charge on any atom is -0.543 e. The molecule has 0 heterocycles. The number of hydrogen-bond acceptors (Lipinski definition) is 4. The molecule has 2 aliphatic rings. The summed E-state index contributed by atoms with van der Waals surface area (Å²) in [5, 5.41) is 27.0. The molecule has 0 saturated heterocycles. The van der Waals surface area contributed by atoms with Gasteiger partial charge in [0.2, 0.25) is 0 Å². The fraction of sp³-hybridized carbons (Fsp3) is 0.174. The summed E-state index contributed by atoms with van der Waals surface area (Å²) in [7, 11) is -3.11. The monoisotopic (exact) mass is 722 g/mol. The molecule has 0 aromatic heterocycles. The highest BCUT2D eigenvalue weighted by atomic mass is 31.2. The van der Waals surface area contributed by atoms with Gasteiger partial charge in [0, 0.05) is 0 Å². The lowest BCUT2D eigenvalue weighted by atomic mass is 10.00. The summed E-state index contributed by atoms with van der Waals surface area (Å²) in [5.41, 5.74) is 1.57. The van der Waals surface area contributed by atoms with E-state index in [9.17, 15) is 0 Å². The first-order valence-electron chi connectivity index (χ1n) is 18.0. The molecule has 0 aliphatic heterocycles. The highest BCUT2D eigenvalue weighted by Gasteiger charge is 2.55. The molecular formula is C46H44O4P2. The van der Waals surface area contributed by atoms with Gasteiger partial charge >= 0.3 is 0 Å². The van der Waals surface area contributed by atoms with Crippen molar-refractivity contribution in [3.63, 3.8) is 0 Å². The van der Waals surface area contributed by atoms with E-state index in [1.165, 1.54) is 70.4 Å². The second-order valence-corrected chi connectivity index (χ2v) is 20.7. The van der Waals surface area contributed by atoms with Crippen molar-refractivity contribution in [2.75, 3.05) is 0 Å². The van der Waals surface area contributed by atoms with E-state index in [2.05, 4.69) is 182 Å². The van der Waals surface area contributed by atoms with E-state index >= 15 is 0 Å². The van der Waals surface area contributed by atoms with Gasteiger partial charge in [0.15, 0.2) is 0 Å². The Morgan fingerprint density at radius 3 is 0.635 bits per heavy atom. The Labute approximate surface area is 308 Å². The van der Waals surface area contributed by atoms with Crippen LogP contribution in [0.4, 0.5) is 0 Å². The van der Waals surface area contributed by atoms with Crippen LogP contribution in [-0.4, -0.2) is 23.3 Å². The van der Waals surface area contributed by atoms with Crippen molar-refractivity contribution in [3.8, 4) is 0 Å². The topological polar surface area (TPSA) is 80.3 Å². The molecule has 2 aliphatic carbocycles. The first kappa shape index (κ1) is 36.9. The van der Waals surface area contributed by atoms with Gasteiger partial charge in [0.05, 0.1) is 23.3 Å². The van der Waals surface area contributed by atoms with Crippen LogP contribution in [0.3, 0.4) is 0 Å².